The second-order valence-corrected chi connectivity index (χ2v) is 8.35. The average Bonchev–Trinajstić information content (AvgIpc) is 3.11. The van der Waals surface area contributed by atoms with Crippen LogP contribution in [0.15, 0.2) is 34.9 Å². The van der Waals surface area contributed by atoms with Crippen molar-refractivity contribution in [1.29, 1.82) is 0 Å². The van der Waals surface area contributed by atoms with Gasteiger partial charge in [0.05, 0.1) is 0 Å². The minimum Gasteiger partial charge on any atom is -0.298 e. The molecule has 1 saturated heterocycles. The van der Waals surface area contributed by atoms with Gasteiger partial charge in [-0.25, -0.2) is 0 Å². The number of fused-ring (bicyclic) bond motifs is 1. The molecule has 1 aliphatic heterocycles. The second kappa shape index (κ2) is 6.34. The molecule has 0 bridgehead atoms. The van der Waals surface area contributed by atoms with E-state index >= 15 is 0 Å². The Kier molecular flexibility index (Phi) is 4.22. The highest BCUT2D eigenvalue weighted by Gasteiger charge is 2.18. The number of benzene rings is 1. The molecule has 0 radical (unpaired) electrons. The first-order valence-electron chi connectivity index (χ1n) is 8.01. The predicted molar refractivity (Wildman–Crippen MR) is 97.7 cm³/mol. The highest BCUT2D eigenvalue weighted by Crippen LogP contribution is 2.26. The number of rotatable bonds is 3. The van der Waals surface area contributed by atoms with Gasteiger partial charge in [0.2, 0.25) is 4.96 Å². The van der Waals surface area contributed by atoms with Gasteiger partial charge in [-0.1, -0.05) is 46.3 Å². The Morgan fingerprint density at radius 2 is 1.91 bits per heavy atom. The van der Waals surface area contributed by atoms with Crippen molar-refractivity contribution in [3.8, 4) is 11.4 Å². The van der Waals surface area contributed by atoms with Gasteiger partial charge in [0, 0.05) is 27.7 Å². The third kappa shape index (κ3) is 3.20. The Labute approximate surface area is 148 Å². The van der Waals surface area contributed by atoms with E-state index in [1.165, 1.54) is 30.8 Å². The third-order valence-corrected chi connectivity index (χ3v) is 6.00. The van der Waals surface area contributed by atoms with E-state index in [1.54, 1.807) is 11.3 Å². The van der Waals surface area contributed by atoms with Crippen molar-refractivity contribution in [1.82, 2.24) is 19.5 Å². The summed E-state index contributed by atoms with van der Waals surface area (Å²) in [5, 5.41) is 8.69. The van der Waals surface area contributed by atoms with Gasteiger partial charge in [-0.05, 0) is 44.0 Å². The summed E-state index contributed by atoms with van der Waals surface area (Å²) < 4.78 is 3.20. The number of halogens is 1. The van der Waals surface area contributed by atoms with Gasteiger partial charge in [-0.2, -0.15) is 0 Å². The van der Waals surface area contributed by atoms with Crippen LogP contribution in [0.25, 0.3) is 16.3 Å². The van der Waals surface area contributed by atoms with Gasteiger partial charge in [0.15, 0.2) is 5.82 Å². The minimum atomic E-state index is 0.875. The highest BCUT2D eigenvalue weighted by atomic mass is 79.9. The second-order valence-electron chi connectivity index (χ2n) is 6.34. The molecule has 0 unspecified atom stereocenters. The summed E-state index contributed by atoms with van der Waals surface area (Å²) in [7, 11) is 0. The zero-order valence-electron chi connectivity index (χ0n) is 13.1. The molecule has 1 fully saturated rings. The molecule has 0 aliphatic carbocycles. The number of piperidine rings is 1. The van der Waals surface area contributed by atoms with E-state index in [2.05, 4.69) is 60.7 Å². The largest absolute Gasteiger partial charge is 0.298 e. The lowest BCUT2D eigenvalue weighted by Crippen LogP contribution is -2.32. The Balaban J connectivity index is 1.58. The van der Waals surface area contributed by atoms with Crippen LogP contribution in [0.2, 0.25) is 0 Å². The molecule has 120 valence electrons. The maximum absolute atomic E-state index is 4.35. The van der Waals surface area contributed by atoms with Crippen LogP contribution in [0.4, 0.5) is 0 Å². The molecule has 6 heteroatoms. The molecule has 4 nitrogen and oxygen atoms in total. The summed E-state index contributed by atoms with van der Waals surface area (Å²) in [5.74, 6) is 1.79. The fourth-order valence-corrected chi connectivity index (χ4v) is 4.28. The normalized spacial score (nSPS) is 17.1. The molecular weight excluding hydrogens is 372 g/mol. The number of likely N-dealkylation sites (tertiary alicyclic amines) is 1. The van der Waals surface area contributed by atoms with Crippen molar-refractivity contribution in [2.45, 2.75) is 26.3 Å². The molecule has 2 aromatic heterocycles. The number of hydrogen-bond acceptors (Lipinski definition) is 4. The Hall–Kier alpha value is -1.24. The fraction of sp³-hybridized carbons (Fsp3) is 0.412. The van der Waals surface area contributed by atoms with Crippen LogP contribution in [-0.4, -0.2) is 32.6 Å². The number of hydrogen-bond donors (Lipinski definition) is 0. The van der Waals surface area contributed by atoms with E-state index in [-0.39, 0.29) is 0 Å². The molecule has 0 saturated carbocycles. The minimum absolute atomic E-state index is 0.875. The standard InChI is InChI=1S/C17H19BrN4S/c1-12-6-8-21(9-7-12)10-15-11-22-16(19-20-17(22)23-15)13-2-4-14(18)5-3-13/h2-5,11-12H,6-10H2,1H3. The predicted octanol–water partition coefficient (Wildman–Crippen LogP) is 4.45. The van der Waals surface area contributed by atoms with E-state index in [0.29, 0.717) is 0 Å². The Morgan fingerprint density at radius 1 is 1.17 bits per heavy atom. The third-order valence-electron chi connectivity index (χ3n) is 4.52. The van der Waals surface area contributed by atoms with E-state index in [9.17, 15) is 0 Å². The van der Waals surface area contributed by atoms with Crippen molar-refractivity contribution >= 4 is 32.2 Å². The zero-order valence-corrected chi connectivity index (χ0v) is 15.5. The first kappa shape index (κ1) is 15.3. The van der Waals surface area contributed by atoms with Crippen molar-refractivity contribution < 1.29 is 0 Å². The van der Waals surface area contributed by atoms with E-state index in [4.69, 9.17) is 0 Å². The molecule has 4 rings (SSSR count). The lowest BCUT2D eigenvalue weighted by molar-refractivity contribution is 0.186. The summed E-state index contributed by atoms with van der Waals surface area (Å²) in [6.45, 7) is 5.80. The maximum Gasteiger partial charge on any atom is 0.216 e. The van der Waals surface area contributed by atoms with Crippen LogP contribution >= 0.6 is 27.3 Å². The highest BCUT2D eigenvalue weighted by molar-refractivity contribution is 9.10. The molecule has 1 aliphatic rings. The first-order valence-corrected chi connectivity index (χ1v) is 9.62. The summed E-state index contributed by atoms with van der Waals surface area (Å²) in [6, 6.07) is 8.23. The lowest BCUT2D eigenvalue weighted by Gasteiger charge is -2.29. The van der Waals surface area contributed by atoms with Crippen molar-refractivity contribution in [2.75, 3.05) is 13.1 Å². The van der Waals surface area contributed by atoms with Gasteiger partial charge in [-0.15, -0.1) is 10.2 Å². The number of thiazole rings is 1. The maximum atomic E-state index is 4.35. The number of aromatic nitrogens is 3. The van der Waals surface area contributed by atoms with Crippen LogP contribution in [-0.2, 0) is 6.54 Å². The topological polar surface area (TPSA) is 33.4 Å². The van der Waals surface area contributed by atoms with Gasteiger partial charge in [0.25, 0.3) is 0 Å². The fourth-order valence-electron chi connectivity index (χ4n) is 3.06. The molecule has 0 N–H and O–H groups in total. The SMILES string of the molecule is CC1CCN(Cc2cn3c(-c4ccc(Br)cc4)nnc3s2)CC1. The van der Waals surface area contributed by atoms with E-state index < -0.39 is 0 Å². The van der Waals surface area contributed by atoms with Crippen LogP contribution in [0.1, 0.15) is 24.6 Å². The van der Waals surface area contributed by atoms with Crippen LogP contribution < -0.4 is 0 Å². The quantitative estimate of drug-likeness (QED) is 0.661. The van der Waals surface area contributed by atoms with Crippen LogP contribution in [0, 0.1) is 5.92 Å². The molecule has 3 heterocycles. The zero-order chi connectivity index (χ0) is 15.8. The molecular formula is C17H19BrN4S. The Bertz CT molecular complexity index is 800. The van der Waals surface area contributed by atoms with Gasteiger partial charge in [0.1, 0.15) is 0 Å². The molecule has 0 amide bonds. The molecule has 0 spiro atoms. The smallest absolute Gasteiger partial charge is 0.216 e. The van der Waals surface area contributed by atoms with E-state index in [0.717, 1.165) is 33.3 Å². The van der Waals surface area contributed by atoms with E-state index in [1.807, 2.05) is 12.1 Å². The first-order chi connectivity index (χ1) is 11.2. The number of nitrogens with zero attached hydrogens (tertiary/aromatic N) is 4. The Morgan fingerprint density at radius 3 is 2.65 bits per heavy atom. The van der Waals surface area contributed by atoms with Crippen molar-refractivity contribution in [3.05, 3.63) is 39.8 Å². The van der Waals surface area contributed by atoms with Crippen molar-refractivity contribution in [2.24, 2.45) is 5.92 Å². The monoisotopic (exact) mass is 390 g/mol. The molecule has 3 aromatic rings. The van der Waals surface area contributed by atoms with Crippen LogP contribution in [0.3, 0.4) is 0 Å². The van der Waals surface area contributed by atoms with Crippen molar-refractivity contribution in [3.63, 3.8) is 0 Å². The summed E-state index contributed by atoms with van der Waals surface area (Å²) in [5.41, 5.74) is 1.09. The molecule has 23 heavy (non-hydrogen) atoms. The van der Waals surface area contributed by atoms with Gasteiger partial charge < -0.3 is 0 Å². The van der Waals surface area contributed by atoms with Crippen LogP contribution in [0.5, 0.6) is 0 Å². The summed E-state index contributed by atoms with van der Waals surface area (Å²) >= 11 is 5.22. The summed E-state index contributed by atoms with van der Waals surface area (Å²) in [6.07, 6.45) is 4.83. The van der Waals surface area contributed by atoms with Gasteiger partial charge in [-0.3, -0.25) is 9.30 Å². The lowest BCUT2D eigenvalue weighted by atomic mass is 9.99. The molecule has 0 atom stereocenters. The average molecular weight is 391 g/mol. The summed E-state index contributed by atoms with van der Waals surface area (Å²) in [4.78, 5) is 4.89. The molecule has 1 aromatic carbocycles. The van der Waals surface area contributed by atoms with Gasteiger partial charge >= 0.3 is 0 Å².